The second kappa shape index (κ2) is 10.7. The van der Waals surface area contributed by atoms with Gasteiger partial charge in [-0.15, -0.1) is 0 Å². The van der Waals surface area contributed by atoms with Crippen molar-refractivity contribution in [2.45, 2.75) is 45.1 Å². The van der Waals surface area contributed by atoms with Crippen molar-refractivity contribution < 1.29 is 4.79 Å². The summed E-state index contributed by atoms with van der Waals surface area (Å²) in [5.74, 6) is 0.917. The Morgan fingerprint density at radius 3 is 2.60 bits per heavy atom. The molecule has 0 radical (unpaired) electrons. The lowest BCUT2D eigenvalue weighted by Gasteiger charge is -2.29. The number of carbonyl (C=O) groups excluding carboxylic acids is 1. The van der Waals surface area contributed by atoms with Crippen molar-refractivity contribution in [3.05, 3.63) is 42.1 Å². The fourth-order valence-electron chi connectivity index (χ4n) is 4.76. The van der Waals surface area contributed by atoms with Crippen molar-refractivity contribution in [2.75, 3.05) is 41.7 Å². The number of rotatable bonds is 5. The van der Waals surface area contributed by atoms with E-state index in [-0.39, 0.29) is 12.1 Å². The van der Waals surface area contributed by atoms with Crippen LogP contribution in [-0.4, -0.2) is 57.5 Å². The van der Waals surface area contributed by atoms with Crippen LogP contribution in [0, 0.1) is 6.92 Å². The first-order valence-corrected chi connectivity index (χ1v) is 12.7. The largest absolute Gasteiger partial charge is 0.369 e. The number of benzene rings is 1. The number of piperazine rings is 1. The molecule has 10 heteroatoms. The number of aromatic nitrogens is 3. The number of carbonyl (C=O) groups is 1. The molecule has 1 aromatic carbocycles. The molecule has 184 valence electrons. The molecule has 3 N–H and O–H groups in total. The Labute approximate surface area is 211 Å². The summed E-state index contributed by atoms with van der Waals surface area (Å²) in [5, 5.41) is 10.4. The molecule has 2 aliphatic rings. The lowest BCUT2D eigenvalue weighted by Crippen LogP contribution is -2.43. The Morgan fingerprint density at radius 2 is 1.86 bits per heavy atom. The molecule has 5 rings (SSSR count). The fraction of sp³-hybridized carbons (Fsp3) is 0.440. The van der Waals surface area contributed by atoms with Crippen LogP contribution in [0.2, 0.25) is 0 Å². The third-order valence-electron chi connectivity index (χ3n) is 6.74. The number of nitrogens with zero attached hydrogens (tertiary/aromatic N) is 5. The van der Waals surface area contributed by atoms with E-state index in [1.54, 1.807) is 6.20 Å². The number of hydrogen-bond acceptors (Lipinski definition) is 8. The van der Waals surface area contributed by atoms with E-state index in [1.807, 2.05) is 25.1 Å². The predicted octanol–water partition coefficient (Wildman–Crippen LogP) is 4.50. The molecule has 9 nitrogen and oxygen atoms in total. The summed E-state index contributed by atoms with van der Waals surface area (Å²) in [6.45, 7) is 6.00. The summed E-state index contributed by atoms with van der Waals surface area (Å²) in [6.07, 6.45) is 7.22. The quantitative estimate of drug-likeness (QED) is 0.389. The van der Waals surface area contributed by atoms with Crippen LogP contribution in [0.15, 0.2) is 36.5 Å². The van der Waals surface area contributed by atoms with E-state index in [0.717, 1.165) is 68.5 Å². The lowest BCUT2D eigenvalue weighted by atomic mass is 9.96. The Morgan fingerprint density at radius 1 is 1.11 bits per heavy atom. The average molecular weight is 493 g/mol. The molecule has 1 saturated carbocycles. The van der Waals surface area contributed by atoms with Crippen LogP contribution >= 0.6 is 12.8 Å². The van der Waals surface area contributed by atoms with Gasteiger partial charge in [0.1, 0.15) is 5.82 Å². The summed E-state index contributed by atoms with van der Waals surface area (Å²) in [4.78, 5) is 28.8. The third kappa shape index (κ3) is 5.59. The smallest absolute Gasteiger partial charge is 0.333 e. The van der Waals surface area contributed by atoms with Crippen molar-refractivity contribution in [2.24, 2.45) is 0 Å². The fourth-order valence-corrected chi connectivity index (χ4v) is 5.04. The molecule has 0 spiro atoms. The first-order chi connectivity index (χ1) is 17.1. The highest BCUT2D eigenvalue weighted by Gasteiger charge is 2.23. The number of aryl methyl sites for hydroxylation is 1. The third-order valence-corrected chi connectivity index (χ3v) is 7.25. The van der Waals surface area contributed by atoms with E-state index in [1.165, 1.54) is 16.4 Å². The van der Waals surface area contributed by atoms with Crippen molar-refractivity contribution in [1.29, 1.82) is 0 Å². The monoisotopic (exact) mass is 492 g/mol. The Kier molecular flexibility index (Phi) is 7.19. The predicted molar refractivity (Wildman–Crippen MR) is 144 cm³/mol. The highest BCUT2D eigenvalue weighted by Crippen LogP contribution is 2.26. The molecule has 1 aliphatic carbocycles. The van der Waals surface area contributed by atoms with Crippen LogP contribution in [0.4, 0.5) is 27.9 Å². The van der Waals surface area contributed by atoms with Gasteiger partial charge in [-0.1, -0.05) is 32.1 Å². The number of fused-ring (bicyclic) bond motifs is 1. The zero-order valence-corrected chi connectivity index (χ0v) is 20.9. The van der Waals surface area contributed by atoms with Gasteiger partial charge in [-0.25, -0.2) is 14.8 Å². The van der Waals surface area contributed by atoms with Gasteiger partial charge < -0.3 is 15.5 Å². The molecule has 0 bridgehead atoms. The molecule has 0 unspecified atom stereocenters. The minimum Gasteiger partial charge on any atom is -0.369 e. The van der Waals surface area contributed by atoms with E-state index < -0.39 is 0 Å². The molecule has 35 heavy (non-hydrogen) atoms. The molecular formula is C25H32N8OS. The van der Waals surface area contributed by atoms with Gasteiger partial charge in [0.15, 0.2) is 5.65 Å². The summed E-state index contributed by atoms with van der Waals surface area (Å²) in [5.41, 5.74) is 3.59. The van der Waals surface area contributed by atoms with Gasteiger partial charge in [-0.2, -0.15) is 4.98 Å². The number of amides is 2. The summed E-state index contributed by atoms with van der Waals surface area (Å²) in [6, 6.07) is 10.0. The maximum atomic E-state index is 12.8. The molecule has 3 heterocycles. The van der Waals surface area contributed by atoms with Gasteiger partial charge in [0.25, 0.3) is 0 Å². The molecule has 3 aromatic rings. The van der Waals surface area contributed by atoms with Crippen molar-refractivity contribution in [3.8, 4) is 0 Å². The summed E-state index contributed by atoms with van der Waals surface area (Å²) in [7, 11) is 0. The average Bonchev–Trinajstić information content (AvgIpc) is 2.89. The second-order valence-electron chi connectivity index (χ2n) is 9.23. The van der Waals surface area contributed by atoms with Gasteiger partial charge in [0.05, 0.1) is 0 Å². The topological polar surface area (TPSA) is 98.3 Å². The highest BCUT2D eigenvalue weighted by atomic mass is 32.1. The van der Waals surface area contributed by atoms with Crippen molar-refractivity contribution in [3.63, 3.8) is 0 Å². The van der Waals surface area contributed by atoms with Gasteiger partial charge in [0, 0.05) is 55.2 Å². The molecule has 0 atom stereocenters. The van der Waals surface area contributed by atoms with Crippen LogP contribution in [-0.2, 0) is 0 Å². The SMILES string of the molecule is Cc1cc(NC(=O)N(S)C2CCCCC2)nc2nc(Nc3ccc(N4CCNCC4)cc3)ncc12. The zero-order valence-electron chi connectivity index (χ0n) is 20.0. The summed E-state index contributed by atoms with van der Waals surface area (Å²) < 4.78 is 1.51. The van der Waals surface area contributed by atoms with Crippen LogP contribution in [0.3, 0.4) is 0 Å². The van der Waals surface area contributed by atoms with E-state index in [0.29, 0.717) is 17.4 Å². The second-order valence-corrected chi connectivity index (χ2v) is 9.66. The molecule has 1 aliphatic heterocycles. The maximum Gasteiger partial charge on any atom is 0.333 e. The van der Waals surface area contributed by atoms with Crippen molar-refractivity contribution >= 4 is 53.0 Å². The lowest BCUT2D eigenvalue weighted by molar-refractivity contribution is 0.218. The van der Waals surface area contributed by atoms with Crippen LogP contribution in [0.25, 0.3) is 11.0 Å². The Balaban J connectivity index is 1.29. The standard InChI is InChI=1S/C25H32N8OS/c1-17-15-22(30-25(34)33(35)20-5-3-2-4-6-20)29-23-21(17)16-27-24(31-23)28-18-7-9-19(10-8-18)32-13-11-26-12-14-32/h7-10,15-16,20,26,35H,2-6,11-14H2,1H3,(H2,27,28,29,30,31,34). The molecule has 2 aromatic heterocycles. The van der Waals surface area contributed by atoms with E-state index in [9.17, 15) is 4.79 Å². The van der Waals surface area contributed by atoms with Crippen LogP contribution < -0.4 is 20.9 Å². The zero-order chi connectivity index (χ0) is 24.2. The van der Waals surface area contributed by atoms with E-state index in [2.05, 4.69) is 60.7 Å². The number of urea groups is 1. The minimum absolute atomic E-state index is 0.157. The molecule has 1 saturated heterocycles. The minimum atomic E-state index is -0.261. The van der Waals surface area contributed by atoms with Gasteiger partial charge in [-0.05, 0) is 55.7 Å². The van der Waals surface area contributed by atoms with Gasteiger partial charge in [-0.3, -0.25) is 9.62 Å². The van der Waals surface area contributed by atoms with Crippen molar-refractivity contribution in [1.82, 2.24) is 24.6 Å². The van der Waals surface area contributed by atoms with Crippen LogP contribution in [0.1, 0.15) is 37.7 Å². The van der Waals surface area contributed by atoms with E-state index in [4.69, 9.17) is 0 Å². The number of anilines is 4. The number of hydrogen-bond donors (Lipinski definition) is 4. The van der Waals surface area contributed by atoms with Gasteiger partial charge in [0.2, 0.25) is 5.95 Å². The summed E-state index contributed by atoms with van der Waals surface area (Å²) >= 11 is 4.46. The highest BCUT2D eigenvalue weighted by molar-refractivity contribution is 7.78. The Hall–Kier alpha value is -3.11. The van der Waals surface area contributed by atoms with Gasteiger partial charge >= 0.3 is 6.03 Å². The first-order valence-electron chi connectivity index (χ1n) is 12.3. The molecule has 2 amide bonds. The normalized spacial score (nSPS) is 16.8. The molecular weight excluding hydrogens is 460 g/mol. The number of nitrogens with one attached hydrogen (secondary N) is 3. The first kappa shape index (κ1) is 23.6. The number of thiol groups is 1. The molecule has 2 fully saturated rings. The maximum absolute atomic E-state index is 12.8. The van der Waals surface area contributed by atoms with Crippen LogP contribution in [0.5, 0.6) is 0 Å². The number of pyridine rings is 1. The Bertz CT molecular complexity index is 1180. The van der Waals surface area contributed by atoms with E-state index >= 15 is 0 Å².